The molecule has 0 aromatic carbocycles. The van der Waals surface area contributed by atoms with Gasteiger partial charge in [0.2, 0.25) is 0 Å². The van der Waals surface area contributed by atoms with E-state index in [0.29, 0.717) is 18.7 Å². The molecular formula is C10H19NO2. The van der Waals surface area contributed by atoms with Gasteiger partial charge < -0.3 is 9.84 Å². The van der Waals surface area contributed by atoms with Crippen LogP contribution in [0.2, 0.25) is 0 Å². The summed E-state index contributed by atoms with van der Waals surface area (Å²) in [5, 5.41) is 9.18. The van der Waals surface area contributed by atoms with Gasteiger partial charge in [0, 0.05) is 18.7 Å². The minimum atomic E-state index is 0.316. The molecule has 2 fully saturated rings. The highest BCUT2D eigenvalue weighted by Crippen LogP contribution is 2.23. The molecule has 0 radical (unpaired) electrons. The maximum Gasteiger partial charge on any atom is 0.0621 e. The van der Waals surface area contributed by atoms with Crippen molar-refractivity contribution in [3.63, 3.8) is 0 Å². The van der Waals surface area contributed by atoms with Crippen LogP contribution in [0.3, 0.4) is 0 Å². The van der Waals surface area contributed by atoms with Gasteiger partial charge >= 0.3 is 0 Å². The quantitative estimate of drug-likeness (QED) is 0.684. The third-order valence-electron chi connectivity index (χ3n) is 3.24. The Balaban J connectivity index is 1.90. The van der Waals surface area contributed by atoms with Crippen molar-refractivity contribution < 1.29 is 9.84 Å². The van der Waals surface area contributed by atoms with Gasteiger partial charge in [0.15, 0.2) is 0 Å². The van der Waals surface area contributed by atoms with E-state index in [9.17, 15) is 5.11 Å². The Bertz CT molecular complexity index is 157. The van der Waals surface area contributed by atoms with Gasteiger partial charge in [0.1, 0.15) is 0 Å². The summed E-state index contributed by atoms with van der Waals surface area (Å²) < 4.78 is 5.46. The molecule has 76 valence electrons. The maximum atomic E-state index is 9.18. The molecule has 1 N–H and O–H groups in total. The number of hydrogen-bond donors (Lipinski definition) is 1. The largest absolute Gasteiger partial charge is 0.395 e. The molecule has 2 atom stereocenters. The lowest BCUT2D eigenvalue weighted by molar-refractivity contribution is 0.00388. The lowest BCUT2D eigenvalue weighted by atomic mass is 10.1. The van der Waals surface area contributed by atoms with Crippen molar-refractivity contribution in [3.05, 3.63) is 0 Å². The van der Waals surface area contributed by atoms with Crippen LogP contribution >= 0.6 is 0 Å². The van der Waals surface area contributed by atoms with E-state index in [-0.39, 0.29) is 0 Å². The number of likely N-dealkylation sites (tertiary alicyclic amines) is 1. The van der Waals surface area contributed by atoms with Crippen molar-refractivity contribution >= 4 is 0 Å². The van der Waals surface area contributed by atoms with E-state index in [1.807, 2.05) is 0 Å². The zero-order chi connectivity index (χ0) is 9.10. The second kappa shape index (κ2) is 4.40. The Hall–Kier alpha value is -0.120. The smallest absolute Gasteiger partial charge is 0.0621 e. The molecule has 2 rings (SSSR count). The minimum Gasteiger partial charge on any atom is -0.395 e. The van der Waals surface area contributed by atoms with Crippen LogP contribution in [0.5, 0.6) is 0 Å². The second-order valence-corrected chi connectivity index (χ2v) is 4.09. The number of aliphatic hydroxyl groups is 1. The summed E-state index contributed by atoms with van der Waals surface area (Å²) in [4.78, 5) is 2.44. The summed E-state index contributed by atoms with van der Waals surface area (Å²) >= 11 is 0. The first-order chi connectivity index (χ1) is 6.42. The molecule has 3 heteroatoms. The van der Waals surface area contributed by atoms with Crippen LogP contribution in [0.15, 0.2) is 0 Å². The standard InChI is InChI=1S/C10H19NO2/c12-7-9-3-1-5-11(9)10-4-2-6-13-8-10/h9-10,12H,1-8H2. The van der Waals surface area contributed by atoms with Crippen molar-refractivity contribution in [1.82, 2.24) is 4.90 Å². The van der Waals surface area contributed by atoms with Crippen LogP contribution in [0.1, 0.15) is 25.7 Å². The molecule has 13 heavy (non-hydrogen) atoms. The Kier molecular flexibility index (Phi) is 3.19. The molecule has 3 nitrogen and oxygen atoms in total. The molecule has 0 amide bonds. The molecule has 0 aromatic rings. The topological polar surface area (TPSA) is 32.7 Å². The highest BCUT2D eigenvalue weighted by Gasteiger charge is 2.31. The van der Waals surface area contributed by atoms with Gasteiger partial charge in [0.05, 0.1) is 13.2 Å². The van der Waals surface area contributed by atoms with Crippen LogP contribution < -0.4 is 0 Å². The van der Waals surface area contributed by atoms with Crippen molar-refractivity contribution in [1.29, 1.82) is 0 Å². The fraction of sp³-hybridized carbons (Fsp3) is 1.00. The molecule has 2 heterocycles. The maximum absolute atomic E-state index is 9.18. The summed E-state index contributed by atoms with van der Waals surface area (Å²) in [5.41, 5.74) is 0. The summed E-state index contributed by atoms with van der Waals surface area (Å²) in [6, 6.07) is 0.986. The molecular weight excluding hydrogens is 166 g/mol. The van der Waals surface area contributed by atoms with Crippen LogP contribution in [0, 0.1) is 0 Å². The van der Waals surface area contributed by atoms with E-state index in [2.05, 4.69) is 4.90 Å². The van der Waals surface area contributed by atoms with E-state index >= 15 is 0 Å². The first-order valence-corrected chi connectivity index (χ1v) is 5.36. The van der Waals surface area contributed by atoms with Crippen molar-refractivity contribution in [3.8, 4) is 0 Å². The van der Waals surface area contributed by atoms with Crippen molar-refractivity contribution in [2.75, 3.05) is 26.4 Å². The van der Waals surface area contributed by atoms with E-state index in [1.54, 1.807) is 0 Å². The summed E-state index contributed by atoms with van der Waals surface area (Å²) in [7, 11) is 0. The monoisotopic (exact) mass is 185 g/mol. The Morgan fingerprint density at radius 2 is 2.23 bits per heavy atom. The first kappa shape index (κ1) is 9.44. The summed E-state index contributed by atoms with van der Waals surface area (Å²) in [6.45, 7) is 3.26. The molecule has 2 aliphatic heterocycles. The molecule has 2 saturated heterocycles. The minimum absolute atomic E-state index is 0.316. The summed E-state index contributed by atoms with van der Waals surface area (Å²) in [5.74, 6) is 0. The fourth-order valence-electron chi connectivity index (χ4n) is 2.52. The fourth-order valence-corrected chi connectivity index (χ4v) is 2.52. The van der Waals surface area contributed by atoms with Gasteiger partial charge in [0.25, 0.3) is 0 Å². The second-order valence-electron chi connectivity index (χ2n) is 4.09. The molecule has 0 spiro atoms. The number of rotatable bonds is 2. The Labute approximate surface area is 79.7 Å². The molecule has 0 saturated carbocycles. The third-order valence-corrected chi connectivity index (χ3v) is 3.24. The molecule has 0 aromatic heterocycles. The molecule has 0 aliphatic carbocycles. The van der Waals surface area contributed by atoms with Crippen LogP contribution in [-0.2, 0) is 4.74 Å². The molecule has 2 unspecified atom stereocenters. The lowest BCUT2D eigenvalue weighted by Crippen LogP contribution is -2.45. The van der Waals surface area contributed by atoms with Gasteiger partial charge in [-0.1, -0.05) is 0 Å². The van der Waals surface area contributed by atoms with E-state index in [0.717, 1.165) is 26.2 Å². The normalized spacial score (nSPS) is 36.7. The van der Waals surface area contributed by atoms with Crippen LogP contribution in [0.4, 0.5) is 0 Å². The third kappa shape index (κ3) is 2.03. The van der Waals surface area contributed by atoms with Gasteiger partial charge in [-0.05, 0) is 32.2 Å². The lowest BCUT2D eigenvalue weighted by Gasteiger charge is -2.34. The number of aliphatic hydroxyl groups excluding tert-OH is 1. The predicted octanol–water partition coefficient (Wildman–Crippen LogP) is 0.622. The average molecular weight is 185 g/mol. The number of nitrogens with zero attached hydrogens (tertiary/aromatic N) is 1. The Morgan fingerprint density at radius 1 is 1.31 bits per heavy atom. The van der Waals surface area contributed by atoms with Crippen molar-refractivity contribution in [2.45, 2.75) is 37.8 Å². The zero-order valence-corrected chi connectivity index (χ0v) is 8.11. The van der Waals surface area contributed by atoms with Crippen LogP contribution in [-0.4, -0.2) is 48.5 Å². The number of hydrogen-bond acceptors (Lipinski definition) is 3. The van der Waals surface area contributed by atoms with Gasteiger partial charge in [-0.15, -0.1) is 0 Å². The summed E-state index contributed by atoms with van der Waals surface area (Å²) in [6.07, 6.45) is 4.82. The average Bonchev–Trinajstić information content (AvgIpc) is 2.67. The highest BCUT2D eigenvalue weighted by atomic mass is 16.5. The molecule has 2 aliphatic rings. The first-order valence-electron chi connectivity index (χ1n) is 5.36. The van der Waals surface area contributed by atoms with Gasteiger partial charge in [-0.2, -0.15) is 0 Å². The van der Waals surface area contributed by atoms with Gasteiger partial charge in [-0.3, -0.25) is 4.90 Å². The van der Waals surface area contributed by atoms with Crippen LogP contribution in [0.25, 0.3) is 0 Å². The van der Waals surface area contributed by atoms with E-state index in [1.165, 1.54) is 19.3 Å². The van der Waals surface area contributed by atoms with Gasteiger partial charge in [-0.25, -0.2) is 0 Å². The number of ether oxygens (including phenoxy) is 1. The Morgan fingerprint density at radius 3 is 2.92 bits per heavy atom. The van der Waals surface area contributed by atoms with E-state index < -0.39 is 0 Å². The van der Waals surface area contributed by atoms with Crippen molar-refractivity contribution in [2.24, 2.45) is 0 Å². The highest BCUT2D eigenvalue weighted by molar-refractivity contribution is 4.85. The predicted molar refractivity (Wildman–Crippen MR) is 50.7 cm³/mol. The molecule has 0 bridgehead atoms. The van der Waals surface area contributed by atoms with E-state index in [4.69, 9.17) is 4.74 Å². The zero-order valence-electron chi connectivity index (χ0n) is 8.11. The SMILES string of the molecule is OCC1CCCN1C1CCCOC1.